The number of rotatable bonds is 40. The smallest absolute Gasteiger partial charge is 0.268 e. The molecule has 8 nitrogen and oxygen atoms in total. The Hall–Kier alpha value is -3.10. The minimum atomic E-state index is -4.57. The Morgan fingerprint density at radius 2 is 1.00 bits per heavy atom. The first-order valence-corrected chi connectivity index (χ1v) is 24.8. The summed E-state index contributed by atoms with van der Waals surface area (Å²) in [5.41, 5.74) is 0. The number of hydrogen-bond acceptors (Lipinski definition) is 6. The third-order valence-corrected chi connectivity index (χ3v) is 10.4. The zero-order valence-electron chi connectivity index (χ0n) is 39.1. The van der Waals surface area contributed by atoms with Crippen LogP contribution in [0.25, 0.3) is 0 Å². The van der Waals surface area contributed by atoms with E-state index >= 15 is 0 Å². The lowest BCUT2D eigenvalue weighted by Gasteiger charge is -2.30. The predicted molar refractivity (Wildman–Crippen MR) is 260 cm³/mol. The molecular formula is C52H87N2O6P. The fourth-order valence-corrected chi connectivity index (χ4v) is 6.49. The van der Waals surface area contributed by atoms with Crippen molar-refractivity contribution in [3.63, 3.8) is 0 Å². The van der Waals surface area contributed by atoms with Gasteiger partial charge in [0.1, 0.15) is 13.2 Å². The number of phosphoric acid groups is 1. The Morgan fingerprint density at radius 3 is 1.43 bits per heavy atom. The van der Waals surface area contributed by atoms with Gasteiger partial charge in [-0.05, 0) is 89.9 Å². The van der Waals surface area contributed by atoms with Crippen molar-refractivity contribution in [3.8, 4) is 0 Å². The molecule has 2 N–H and O–H groups in total. The molecule has 0 radical (unpaired) electrons. The second kappa shape index (κ2) is 42.2. The molecule has 0 rings (SSSR count). The minimum absolute atomic E-state index is 0.00453. The van der Waals surface area contributed by atoms with Crippen molar-refractivity contribution >= 4 is 13.7 Å². The number of aliphatic hydroxyl groups excluding tert-OH is 1. The molecule has 0 saturated carbocycles. The number of carbonyl (C=O) groups excluding carboxylic acids is 1. The summed E-state index contributed by atoms with van der Waals surface area (Å²) in [5, 5.41) is 13.7. The SMILES string of the molecule is CC/C=C\C/C=C\C/C=C\C/C=C\C/C=C\C/C=C\C/C=C\C/C=C\C/C=C\C/C=C\CCCCC(=O)NC(COP(=O)([O-])OCC[N+](C)(C)C)C(O)CCCCCCCC. The van der Waals surface area contributed by atoms with E-state index in [0.717, 1.165) is 103 Å². The molecule has 0 aliphatic carbocycles. The Kier molecular flexibility index (Phi) is 40.1. The molecule has 9 heteroatoms. The molecule has 0 heterocycles. The molecule has 61 heavy (non-hydrogen) atoms. The second-order valence-corrected chi connectivity index (χ2v) is 17.8. The van der Waals surface area contributed by atoms with Crippen LogP contribution in [-0.4, -0.2) is 68.5 Å². The van der Waals surface area contributed by atoms with E-state index in [0.29, 0.717) is 30.3 Å². The average Bonchev–Trinajstić information content (AvgIpc) is 3.21. The molecule has 0 aliphatic heterocycles. The zero-order valence-corrected chi connectivity index (χ0v) is 39.9. The first-order chi connectivity index (χ1) is 29.5. The molecule has 3 unspecified atom stereocenters. The van der Waals surface area contributed by atoms with Crippen molar-refractivity contribution in [2.45, 2.75) is 161 Å². The van der Waals surface area contributed by atoms with Crippen LogP contribution in [0.4, 0.5) is 0 Å². The Labute approximate surface area is 374 Å². The zero-order chi connectivity index (χ0) is 45.0. The molecule has 0 aromatic carbocycles. The Morgan fingerprint density at radius 1 is 0.590 bits per heavy atom. The third kappa shape index (κ3) is 44.8. The quantitative estimate of drug-likeness (QED) is 0.0275. The number of quaternary nitrogens is 1. The summed E-state index contributed by atoms with van der Waals surface area (Å²) in [5.74, 6) is -0.220. The van der Waals surface area contributed by atoms with E-state index in [4.69, 9.17) is 9.05 Å². The summed E-state index contributed by atoms with van der Waals surface area (Å²) in [7, 11) is 1.25. The highest BCUT2D eigenvalue weighted by Crippen LogP contribution is 2.38. The van der Waals surface area contributed by atoms with Gasteiger partial charge in [0, 0.05) is 6.42 Å². The number of amides is 1. The molecule has 0 aliphatic rings. The third-order valence-electron chi connectivity index (χ3n) is 9.46. The van der Waals surface area contributed by atoms with Gasteiger partial charge in [0.2, 0.25) is 5.91 Å². The minimum Gasteiger partial charge on any atom is -0.756 e. The molecule has 3 atom stereocenters. The number of likely N-dealkylation sites (N-methyl/N-ethyl adjacent to an activating group) is 1. The lowest BCUT2D eigenvalue weighted by molar-refractivity contribution is -0.870. The predicted octanol–water partition coefficient (Wildman–Crippen LogP) is 12.8. The number of hydrogen-bond donors (Lipinski definition) is 2. The molecule has 0 aromatic heterocycles. The number of carbonyl (C=O) groups is 1. The maximum absolute atomic E-state index is 12.8. The molecule has 0 saturated heterocycles. The van der Waals surface area contributed by atoms with Crippen molar-refractivity contribution in [1.29, 1.82) is 0 Å². The highest BCUT2D eigenvalue weighted by Gasteiger charge is 2.24. The van der Waals surface area contributed by atoms with Gasteiger partial charge >= 0.3 is 0 Å². The summed E-state index contributed by atoms with van der Waals surface area (Å²) in [6.45, 7) is 4.46. The fourth-order valence-electron chi connectivity index (χ4n) is 5.77. The van der Waals surface area contributed by atoms with Crippen LogP contribution < -0.4 is 10.2 Å². The van der Waals surface area contributed by atoms with Gasteiger partial charge in [0.05, 0.1) is 39.9 Å². The van der Waals surface area contributed by atoms with Gasteiger partial charge in [-0.1, -0.05) is 174 Å². The van der Waals surface area contributed by atoms with E-state index < -0.39 is 20.0 Å². The monoisotopic (exact) mass is 867 g/mol. The summed E-state index contributed by atoms with van der Waals surface area (Å²) in [6, 6.07) is -0.829. The van der Waals surface area contributed by atoms with Gasteiger partial charge in [0.15, 0.2) is 0 Å². The Bertz CT molecular complexity index is 1400. The summed E-state index contributed by atoms with van der Waals surface area (Å²) in [6.07, 6.45) is 62.6. The van der Waals surface area contributed by atoms with Gasteiger partial charge in [0.25, 0.3) is 7.82 Å². The van der Waals surface area contributed by atoms with Crippen LogP contribution in [0.1, 0.15) is 149 Å². The molecule has 0 fully saturated rings. The van der Waals surface area contributed by atoms with Crippen molar-refractivity contribution in [2.24, 2.45) is 0 Å². The molecule has 0 spiro atoms. The average molecular weight is 867 g/mol. The van der Waals surface area contributed by atoms with E-state index in [9.17, 15) is 19.4 Å². The van der Waals surface area contributed by atoms with E-state index in [1.165, 1.54) is 12.8 Å². The van der Waals surface area contributed by atoms with E-state index in [1.807, 2.05) is 21.1 Å². The van der Waals surface area contributed by atoms with E-state index in [-0.39, 0.29) is 19.1 Å². The highest BCUT2D eigenvalue weighted by molar-refractivity contribution is 7.45. The number of phosphoric ester groups is 1. The van der Waals surface area contributed by atoms with Gasteiger partial charge in [-0.2, -0.15) is 0 Å². The van der Waals surface area contributed by atoms with Crippen molar-refractivity contribution in [3.05, 3.63) is 122 Å². The molecular weight excluding hydrogens is 780 g/mol. The van der Waals surface area contributed by atoms with Crippen LogP contribution in [0.2, 0.25) is 0 Å². The van der Waals surface area contributed by atoms with Crippen LogP contribution in [0.15, 0.2) is 122 Å². The first kappa shape index (κ1) is 57.9. The summed E-state index contributed by atoms with van der Waals surface area (Å²) in [4.78, 5) is 25.2. The van der Waals surface area contributed by atoms with E-state index in [1.54, 1.807) is 0 Å². The number of unbranched alkanes of at least 4 members (excludes halogenated alkanes) is 7. The van der Waals surface area contributed by atoms with Crippen molar-refractivity contribution < 1.29 is 32.9 Å². The number of allylic oxidation sites excluding steroid dienone is 20. The normalized spacial score (nSPS) is 15.3. The Balaban J connectivity index is 4.19. The van der Waals surface area contributed by atoms with Gasteiger partial charge < -0.3 is 28.8 Å². The lowest BCUT2D eigenvalue weighted by Crippen LogP contribution is -2.46. The number of nitrogens with zero attached hydrogens (tertiary/aromatic N) is 1. The lowest BCUT2D eigenvalue weighted by atomic mass is 10.0. The van der Waals surface area contributed by atoms with Gasteiger partial charge in [-0.3, -0.25) is 9.36 Å². The second-order valence-electron chi connectivity index (χ2n) is 16.4. The largest absolute Gasteiger partial charge is 0.756 e. The molecule has 346 valence electrons. The topological polar surface area (TPSA) is 108 Å². The number of aliphatic hydroxyl groups is 1. The van der Waals surface area contributed by atoms with Gasteiger partial charge in [-0.25, -0.2) is 0 Å². The van der Waals surface area contributed by atoms with Crippen LogP contribution in [0.5, 0.6) is 0 Å². The van der Waals surface area contributed by atoms with Crippen LogP contribution in [0, 0.1) is 0 Å². The maximum Gasteiger partial charge on any atom is 0.268 e. The van der Waals surface area contributed by atoms with Crippen LogP contribution in [0.3, 0.4) is 0 Å². The van der Waals surface area contributed by atoms with Crippen molar-refractivity contribution in [2.75, 3.05) is 40.9 Å². The first-order valence-electron chi connectivity index (χ1n) is 23.4. The molecule has 0 aromatic rings. The molecule has 0 bridgehead atoms. The summed E-state index contributed by atoms with van der Waals surface area (Å²) >= 11 is 0. The summed E-state index contributed by atoms with van der Waals surface area (Å²) < 4.78 is 23.1. The van der Waals surface area contributed by atoms with Crippen LogP contribution >= 0.6 is 7.82 Å². The van der Waals surface area contributed by atoms with Gasteiger partial charge in [-0.15, -0.1) is 0 Å². The highest BCUT2D eigenvalue weighted by atomic mass is 31.2. The number of nitrogens with one attached hydrogen (secondary N) is 1. The van der Waals surface area contributed by atoms with Crippen LogP contribution in [-0.2, 0) is 18.4 Å². The maximum atomic E-state index is 12.8. The fraction of sp³-hybridized carbons (Fsp3) is 0.596. The standard InChI is InChI=1S/C52H87N2O6P/c1-6-8-10-12-14-15-16-17-18-19-20-21-22-23-24-25-26-27-28-29-30-31-32-33-34-35-36-37-38-39-40-42-44-46-52(56)53-50(51(55)45-43-41-13-11-9-7-2)49-60-61(57,58)59-48-47-54(3,4)5/h8,10,14-15,17-18,20-21,23-24,26-27,29-30,32-33,35-36,38-39,50-51,55H,6-7,9,11-13,16,19,22,25,28,31,34,37,40-49H2,1-5H3,(H-,53,56,57,58)/b10-8-,15-14-,18-17-,21-20-,24-23-,27-26-,30-29-,33-32-,36-35-,39-38-. The van der Waals surface area contributed by atoms with E-state index in [2.05, 4.69) is 141 Å². The van der Waals surface area contributed by atoms with Crippen molar-refractivity contribution in [1.82, 2.24) is 5.32 Å². The molecule has 1 amide bonds.